The van der Waals surface area contributed by atoms with Gasteiger partial charge in [0, 0.05) is 12.6 Å². The lowest BCUT2D eigenvalue weighted by atomic mass is 9.94. The number of hydrogen-bond acceptors (Lipinski definition) is 2. The fourth-order valence-corrected chi connectivity index (χ4v) is 3.77. The van der Waals surface area contributed by atoms with Crippen LogP contribution < -0.4 is 5.32 Å². The highest BCUT2D eigenvalue weighted by Gasteiger charge is 2.22. The molecule has 0 amide bonds. The molecule has 1 aliphatic rings. The van der Waals surface area contributed by atoms with Crippen molar-refractivity contribution in [3.05, 3.63) is 35.9 Å². The molecule has 1 aliphatic heterocycles. The van der Waals surface area contributed by atoms with E-state index in [0.29, 0.717) is 12.0 Å². The standard InChI is InChI=1S/C19H32N2/c1-4-17-9-8-13-21(14-12-17)15-16(2)19(20-3)18-10-6-5-7-11-18/h5-7,10-11,16-17,19-20H,4,8-9,12-15H2,1-3H3. The quantitative estimate of drug-likeness (QED) is 0.848. The van der Waals surface area contributed by atoms with Crippen molar-refractivity contribution in [1.82, 2.24) is 10.2 Å². The van der Waals surface area contributed by atoms with Crippen molar-refractivity contribution in [3.63, 3.8) is 0 Å². The summed E-state index contributed by atoms with van der Waals surface area (Å²) in [5.41, 5.74) is 1.41. The van der Waals surface area contributed by atoms with Crippen LogP contribution in [0.4, 0.5) is 0 Å². The molecule has 1 aromatic carbocycles. The SMILES string of the molecule is CCC1CCCN(CC(C)C(NC)c2ccccc2)CC1. The van der Waals surface area contributed by atoms with Gasteiger partial charge in [-0.25, -0.2) is 0 Å². The van der Waals surface area contributed by atoms with E-state index in [4.69, 9.17) is 0 Å². The Labute approximate surface area is 130 Å². The third-order valence-corrected chi connectivity index (χ3v) is 5.10. The van der Waals surface area contributed by atoms with E-state index in [-0.39, 0.29) is 0 Å². The van der Waals surface area contributed by atoms with Crippen LogP contribution >= 0.6 is 0 Å². The van der Waals surface area contributed by atoms with Crippen molar-refractivity contribution < 1.29 is 0 Å². The summed E-state index contributed by atoms with van der Waals surface area (Å²) in [5.74, 6) is 1.59. The molecule has 3 atom stereocenters. The van der Waals surface area contributed by atoms with Crippen molar-refractivity contribution in [1.29, 1.82) is 0 Å². The normalized spacial score (nSPS) is 23.5. The van der Waals surface area contributed by atoms with Gasteiger partial charge in [0.2, 0.25) is 0 Å². The number of hydrogen-bond donors (Lipinski definition) is 1. The zero-order valence-corrected chi connectivity index (χ0v) is 14.0. The van der Waals surface area contributed by atoms with Gasteiger partial charge in [-0.1, -0.05) is 50.6 Å². The molecule has 2 heteroatoms. The summed E-state index contributed by atoms with van der Waals surface area (Å²) in [7, 11) is 2.09. The molecule has 21 heavy (non-hydrogen) atoms. The van der Waals surface area contributed by atoms with Gasteiger partial charge in [0.25, 0.3) is 0 Å². The lowest BCUT2D eigenvalue weighted by molar-refractivity contribution is 0.218. The van der Waals surface area contributed by atoms with E-state index in [9.17, 15) is 0 Å². The van der Waals surface area contributed by atoms with Crippen LogP contribution in [0.25, 0.3) is 0 Å². The first-order chi connectivity index (χ1) is 10.2. The van der Waals surface area contributed by atoms with Gasteiger partial charge in [0.1, 0.15) is 0 Å². The summed E-state index contributed by atoms with van der Waals surface area (Å²) >= 11 is 0. The molecule has 0 saturated carbocycles. The largest absolute Gasteiger partial charge is 0.313 e. The Hall–Kier alpha value is -0.860. The molecular weight excluding hydrogens is 256 g/mol. The van der Waals surface area contributed by atoms with Crippen LogP contribution in [0.5, 0.6) is 0 Å². The van der Waals surface area contributed by atoms with Crippen molar-refractivity contribution in [2.75, 3.05) is 26.7 Å². The Morgan fingerprint density at radius 3 is 2.62 bits per heavy atom. The van der Waals surface area contributed by atoms with Crippen molar-refractivity contribution in [2.24, 2.45) is 11.8 Å². The summed E-state index contributed by atoms with van der Waals surface area (Å²) in [6.45, 7) is 8.50. The topological polar surface area (TPSA) is 15.3 Å². The van der Waals surface area contributed by atoms with Gasteiger partial charge < -0.3 is 10.2 Å². The molecule has 1 fully saturated rings. The fourth-order valence-electron chi connectivity index (χ4n) is 3.77. The first-order valence-electron chi connectivity index (χ1n) is 8.69. The highest BCUT2D eigenvalue weighted by Crippen LogP contribution is 2.25. The number of nitrogens with one attached hydrogen (secondary N) is 1. The van der Waals surface area contributed by atoms with Crippen LogP contribution in [0.2, 0.25) is 0 Å². The number of likely N-dealkylation sites (tertiary alicyclic amines) is 1. The molecule has 0 radical (unpaired) electrons. The van der Waals surface area contributed by atoms with Crippen molar-refractivity contribution >= 4 is 0 Å². The number of nitrogens with zero attached hydrogens (tertiary/aromatic N) is 1. The summed E-state index contributed by atoms with van der Waals surface area (Å²) in [5, 5.41) is 3.52. The molecule has 0 bridgehead atoms. The molecule has 1 N–H and O–H groups in total. The van der Waals surface area contributed by atoms with E-state index in [1.54, 1.807) is 0 Å². The summed E-state index contributed by atoms with van der Waals surface area (Å²) in [4.78, 5) is 2.69. The van der Waals surface area contributed by atoms with E-state index in [0.717, 1.165) is 5.92 Å². The molecule has 3 unspecified atom stereocenters. The van der Waals surface area contributed by atoms with Crippen molar-refractivity contribution in [3.8, 4) is 0 Å². The Bertz CT molecular complexity index is 390. The van der Waals surface area contributed by atoms with E-state index < -0.39 is 0 Å². The number of rotatable bonds is 6. The molecule has 1 aromatic rings. The van der Waals surface area contributed by atoms with Gasteiger partial charge in [-0.05, 0) is 56.8 Å². The Morgan fingerprint density at radius 2 is 1.95 bits per heavy atom. The molecule has 0 aliphatic carbocycles. The van der Waals surface area contributed by atoms with E-state index >= 15 is 0 Å². The van der Waals surface area contributed by atoms with Crippen LogP contribution in [0.1, 0.15) is 51.1 Å². The zero-order valence-electron chi connectivity index (χ0n) is 14.0. The molecule has 2 rings (SSSR count). The summed E-state index contributed by atoms with van der Waals surface area (Å²) in [6, 6.07) is 11.3. The molecule has 118 valence electrons. The average Bonchev–Trinajstić information content (AvgIpc) is 2.74. The van der Waals surface area contributed by atoms with E-state index in [1.807, 2.05) is 0 Å². The van der Waals surface area contributed by atoms with Crippen LogP contribution in [-0.4, -0.2) is 31.6 Å². The lowest BCUT2D eigenvalue weighted by Gasteiger charge is -2.30. The van der Waals surface area contributed by atoms with Gasteiger partial charge in [0.15, 0.2) is 0 Å². The maximum absolute atomic E-state index is 3.52. The van der Waals surface area contributed by atoms with Crippen molar-refractivity contribution in [2.45, 2.75) is 45.6 Å². The summed E-state index contributed by atoms with van der Waals surface area (Å²) in [6.07, 6.45) is 5.54. The molecule has 2 nitrogen and oxygen atoms in total. The Kier molecular flexibility index (Phi) is 6.72. The maximum atomic E-state index is 3.52. The Morgan fingerprint density at radius 1 is 1.19 bits per heavy atom. The highest BCUT2D eigenvalue weighted by atomic mass is 15.1. The zero-order chi connectivity index (χ0) is 15.1. The van der Waals surface area contributed by atoms with Crippen LogP contribution in [-0.2, 0) is 0 Å². The van der Waals surface area contributed by atoms with Gasteiger partial charge in [-0.2, -0.15) is 0 Å². The first-order valence-corrected chi connectivity index (χ1v) is 8.69. The Balaban J connectivity index is 1.91. The highest BCUT2D eigenvalue weighted by molar-refractivity contribution is 5.19. The molecule has 0 aromatic heterocycles. The second-order valence-electron chi connectivity index (χ2n) is 6.66. The van der Waals surface area contributed by atoms with Gasteiger partial charge >= 0.3 is 0 Å². The van der Waals surface area contributed by atoms with Gasteiger partial charge in [-0.3, -0.25) is 0 Å². The second-order valence-corrected chi connectivity index (χ2v) is 6.66. The van der Waals surface area contributed by atoms with Gasteiger partial charge in [0.05, 0.1) is 0 Å². The smallest absolute Gasteiger partial charge is 0.0355 e. The third-order valence-electron chi connectivity index (χ3n) is 5.10. The van der Waals surface area contributed by atoms with Gasteiger partial charge in [-0.15, -0.1) is 0 Å². The molecule has 1 saturated heterocycles. The minimum atomic E-state index is 0.455. The fraction of sp³-hybridized carbons (Fsp3) is 0.684. The number of benzene rings is 1. The molecule has 0 spiro atoms. The van der Waals surface area contributed by atoms with E-state index in [1.165, 1.54) is 50.9 Å². The lowest BCUT2D eigenvalue weighted by Crippen LogP contribution is -2.35. The minimum absolute atomic E-state index is 0.455. The average molecular weight is 288 g/mol. The van der Waals surface area contributed by atoms with Crippen LogP contribution in [0.3, 0.4) is 0 Å². The monoisotopic (exact) mass is 288 g/mol. The first kappa shape index (κ1) is 16.5. The van der Waals surface area contributed by atoms with Crippen LogP contribution in [0.15, 0.2) is 30.3 Å². The predicted octanol–water partition coefficient (Wildman–Crippen LogP) is 4.10. The minimum Gasteiger partial charge on any atom is -0.313 e. The van der Waals surface area contributed by atoms with Crippen LogP contribution in [0, 0.1) is 11.8 Å². The van der Waals surface area contributed by atoms with E-state index in [2.05, 4.69) is 61.4 Å². The summed E-state index contributed by atoms with van der Waals surface area (Å²) < 4.78 is 0. The second kappa shape index (κ2) is 8.55. The molecule has 1 heterocycles. The predicted molar refractivity (Wildman–Crippen MR) is 91.5 cm³/mol. The molecular formula is C19H32N2. The third kappa shape index (κ3) is 4.82. The maximum Gasteiger partial charge on any atom is 0.0355 e.